The van der Waals surface area contributed by atoms with Crippen LogP contribution in [0.5, 0.6) is 11.5 Å². The summed E-state index contributed by atoms with van der Waals surface area (Å²) in [5.41, 5.74) is -0.500. The van der Waals surface area contributed by atoms with Gasteiger partial charge in [0.05, 0.1) is 31.5 Å². The molecule has 0 aliphatic carbocycles. The Balaban J connectivity index is 3.21. The Labute approximate surface area is 117 Å². The quantitative estimate of drug-likeness (QED) is 0.597. The molecule has 0 fully saturated rings. The van der Waals surface area contributed by atoms with Gasteiger partial charge in [0.15, 0.2) is 11.5 Å². The fourth-order valence-electron chi connectivity index (χ4n) is 1.57. The van der Waals surface area contributed by atoms with Gasteiger partial charge in [-0.25, -0.2) is 4.39 Å². The van der Waals surface area contributed by atoms with E-state index in [1.165, 1.54) is 0 Å². The van der Waals surface area contributed by atoms with Crippen molar-refractivity contribution < 1.29 is 36.6 Å². The van der Waals surface area contributed by atoms with E-state index in [0.717, 1.165) is 13.2 Å². The third-order valence-electron chi connectivity index (χ3n) is 2.25. The van der Waals surface area contributed by atoms with Gasteiger partial charge in [0.2, 0.25) is 0 Å². The molecule has 0 bridgehead atoms. The van der Waals surface area contributed by atoms with Crippen LogP contribution in [0, 0.1) is 0 Å². The van der Waals surface area contributed by atoms with Crippen molar-refractivity contribution in [2.45, 2.75) is 26.4 Å². The Hall–Kier alpha value is -2.06. The second-order valence-electron chi connectivity index (χ2n) is 3.75. The second kappa shape index (κ2) is 7.09. The van der Waals surface area contributed by atoms with Gasteiger partial charge < -0.3 is 14.2 Å². The lowest BCUT2D eigenvalue weighted by molar-refractivity contribution is -0.275. The molecular formula is C12H13F4NO4. The second-order valence-corrected chi connectivity index (χ2v) is 3.75. The Morgan fingerprint density at radius 1 is 1.38 bits per heavy atom. The van der Waals surface area contributed by atoms with Gasteiger partial charge >= 0.3 is 12.3 Å². The lowest BCUT2D eigenvalue weighted by atomic mass is 10.2. The molecule has 0 aromatic carbocycles. The number of carbonyl (C=O) groups is 1. The van der Waals surface area contributed by atoms with Crippen molar-refractivity contribution in [3.8, 4) is 11.5 Å². The summed E-state index contributed by atoms with van der Waals surface area (Å²) in [6.45, 7) is 0.544. The maximum absolute atomic E-state index is 12.7. The van der Waals surface area contributed by atoms with Crippen LogP contribution in [-0.2, 0) is 22.6 Å². The van der Waals surface area contributed by atoms with Crippen molar-refractivity contribution in [1.82, 2.24) is 4.98 Å². The van der Waals surface area contributed by atoms with Crippen LogP contribution in [0.2, 0.25) is 0 Å². The summed E-state index contributed by atoms with van der Waals surface area (Å²) >= 11 is 0. The third kappa shape index (κ3) is 5.09. The number of hydrogen-bond acceptors (Lipinski definition) is 5. The minimum Gasteiger partial charge on any atom is -0.491 e. The summed E-state index contributed by atoms with van der Waals surface area (Å²) in [4.78, 5) is 15.1. The van der Waals surface area contributed by atoms with Crippen LogP contribution < -0.4 is 9.47 Å². The van der Waals surface area contributed by atoms with Gasteiger partial charge in [-0.1, -0.05) is 0 Å². The Bertz CT molecular complexity index is 505. The molecule has 1 aromatic heterocycles. The molecule has 1 rings (SSSR count). The van der Waals surface area contributed by atoms with E-state index < -0.39 is 36.9 Å². The minimum atomic E-state index is -4.98. The van der Waals surface area contributed by atoms with Crippen molar-refractivity contribution >= 4 is 5.97 Å². The number of carbonyl (C=O) groups excluding carboxylic acids is 1. The van der Waals surface area contributed by atoms with E-state index >= 15 is 0 Å². The number of halogens is 4. The molecule has 1 heterocycles. The van der Waals surface area contributed by atoms with Gasteiger partial charge in [0.25, 0.3) is 0 Å². The van der Waals surface area contributed by atoms with E-state index in [-0.39, 0.29) is 18.0 Å². The molecule has 0 saturated carbocycles. The largest absolute Gasteiger partial charge is 0.573 e. The predicted molar refractivity (Wildman–Crippen MR) is 62.6 cm³/mol. The summed E-state index contributed by atoms with van der Waals surface area (Å²) in [6, 6.07) is 0.765. The number of ether oxygens (including phenoxy) is 3. The zero-order valence-electron chi connectivity index (χ0n) is 11.3. The lowest BCUT2D eigenvalue weighted by Crippen LogP contribution is -2.19. The maximum atomic E-state index is 12.7. The molecule has 0 N–H and O–H groups in total. The van der Waals surface area contributed by atoms with E-state index in [1.54, 1.807) is 6.92 Å². The number of esters is 1. The first-order chi connectivity index (χ1) is 9.80. The molecule has 21 heavy (non-hydrogen) atoms. The molecule has 0 spiro atoms. The van der Waals surface area contributed by atoms with E-state index in [2.05, 4.69) is 14.5 Å². The SMILES string of the molecule is CCOC(=O)Cc1nc(CF)cc(OC(F)(F)F)c1OC. The first-order valence-electron chi connectivity index (χ1n) is 5.84. The van der Waals surface area contributed by atoms with Gasteiger partial charge in [-0.3, -0.25) is 9.78 Å². The molecular weight excluding hydrogens is 298 g/mol. The van der Waals surface area contributed by atoms with Crippen molar-refractivity contribution in [1.29, 1.82) is 0 Å². The van der Waals surface area contributed by atoms with E-state index in [0.29, 0.717) is 0 Å². The van der Waals surface area contributed by atoms with Crippen molar-refractivity contribution in [3.05, 3.63) is 17.5 Å². The summed E-state index contributed by atoms with van der Waals surface area (Å²) in [5.74, 6) is -1.87. The lowest BCUT2D eigenvalue weighted by Gasteiger charge is -2.16. The Morgan fingerprint density at radius 3 is 2.52 bits per heavy atom. The van der Waals surface area contributed by atoms with Gasteiger partial charge in [0, 0.05) is 6.07 Å². The predicted octanol–water partition coefficient (Wildman–Crippen LogP) is 2.56. The number of alkyl halides is 4. The first-order valence-corrected chi connectivity index (χ1v) is 5.84. The van der Waals surface area contributed by atoms with Crippen LogP contribution in [0.1, 0.15) is 18.3 Å². The van der Waals surface area contributed by atoms with Crippen LogP contribution >= 0.6 is 0 Å². The molecule has 0 amide bonds. The number of rotatable bonds is 6. The van der Waals surface area contributed by atoms with Crippen LogP contribution in [0.25, 0.3) is 0 Å². The number of methoxy groups -OCH3 is 1. The van der Waals surface area contributed by atoms with Gasteiger partial charge in [0.1, 0.15) is 6.67 Å². The summed E-state index contributed by atoms with van der Waals surface area (Å²) in [6.07, 6.45) is -5.44. The average Bonchev–Trinajstić information content (AvgIpc) is 2.36. The van der Waals surface area contributed by atoms with Crippen molar-refractivity contribution in [2.75, 3.05) is 13.7 Å². The number of aromatic nitrogens is 1. The molecule has 9 heteroatoms. The maximum Gasteiger partial charge on any atom is 0.573 e. The van der Waals surface area contributed by atoms with Crippen molar-refractivity contribution in [3.63, 3.8) is 0 Å². The molecule has 0 atom stereocenters. The number of pyridine rings is 1. The fraction of sp³-hybridized carbons (Fsp3) is 0.500. The Morgan fingerprint density at radius 2 is 2.05 bits per heavy atom. The normalized spacial score (nSPS) is 11.1. The highest BCUT2D eigenvalue weighted by Crippen LogP contribution is 2.35. The highest BCUT2D eigenvalue weighted by Gasteiger charge is 2.33. The summed E-state index contributed by atoms with van der Waals surface area (Å²) < 4.78 is 62.9. The molecule has 118 valence electrons. The summed E-state index contributed by atoms with van der Waals surface area (Å²) in [7, 11) is 1.09. The minimum absolute atomic E-state index is 0.0931. The molecule has 0 unspecified atom stereocenters. The van der Waals surface area contributed by atoms with E-state index in [1.807, 2.05) is 0 Å². The molecule has 0 saturated heterocycles. The van der Waals surface area contributed by atoms with Crippen LogP contribution in [0.3, 0.4) is 0 Å². The average molecular weight is 311 g/mol. The van der Waals surface area contributed by atoms with Crippen molar-refractivity contribution in [2.24, 2.45) is 0 Å². The topological polar surface area (TPSA) is 57.7 Å². The fourth-order valence-corrected chi connectivity index (χ4v) is 1.57. The molecule has 0 radical (unpaired) electrons. The van der Waals surface area contributed by atoms with Crippen LogP contribution in [0.15, 0.2) is 6.07 Å². The third-order valence-corrected chi connectivity index (χ3v) is 2.25. The van der Waals surface area contributed by atoms with E-state index in [9.17, 15) is 22.4 Å². The smallest absolute Gasteiger partial charge is 0.491 e. The molecule has 1 aromatic rings. The first kappa shape index (κ1) is 17.0. The number of hydrogen-bond donors (Lipinski definition) is 0. The monoisotopic (exact) mass is 311 g/mol. The molecule has 0 aliphatic rings. The number of nitrogens with zero attached hydrogens (tertiary/aromatic N) is 1. The zero-order valence-corrected chi connectivity index (χ0v) is 11.3. The Kier molecular flexibility index (Phi) is 5.74. The van der Waals surface area contributed by atoms with E-state index in [4.69, 9.17) is 4.74 Å². The summed E-state index contributed by atoms with van der Waals surface area (Å²) in [5, 5.41) is 0. The van der Waals surface area contributed by atoms with Gasteiger partial charge in [-0.2, -0.15) is 0 Å². The van der Waals surface area contributed by atoms with Crippen LogP contribution in [-0.4, -0.2) is 31.0 Å². The van der Waals surface area contributed by atoms with Gasteiger partial charge in [-0.15, -0.1) is 13.2 Å². The van der Waals surface area contributed by atoms with Crippen LogP contribution in [0.4, 0.5) is 17.6 Å². The highest BCUT2D eigenvalue weighted by molar-refractivity contribution is 5.73. The zero-order chi connectivity index (χ0) is 16.0. The standard InChI is InChI=1S/C12H13F4NO4/c1-3-20-10(18)5-8-11(19-2)9(21-12(14,15)16)4-7(6-13)17-8/h4H,3,5-6H2,1-2H3. The highest BCUT2D eigenvalue weighted by atomic mass is 19.4. The molecule has 0 aliphatic heterocycles. The van der Waals surface area contributed by atoms with Gasteiger partial charge in [-0.05, 0) is 6.92 Å². The molecule has 5 nitrogen and oxygen atoms in total.